The lowest BCUT2D eigenvalue weighted by atomic mass is 10.1. The molecule has 0 aromatic rings. The van der Waals surface area contributed by atoms with Crippen LogP contribution in [0.1, 0.15) is 71.1 Å². The van der Waals surface area contributed by atoms with E-state index in [9.17, 15) is 4.79 Å². The standard InChI is InChI=1S/C18H36O5/c1-2-3-4-5-6-7-8-9-10-11-18(20)23-17-16-22-15-14-21-13-12-19/h19H,2-17H2,1H3. The summed E-state index contributed by atoms with van der Waals surface area (Å²) >= 11 is 0. The van der Waals surface area contributed by atoms with Gasteiger partial charge in [0.1, 0.15) is 6.61 Å². The van der Waals surface area contributed by atoms with Gasteiger partial charge in [-0.25, -0.2) is 0 Å². The van der Waals surface area contributed by atoms with Crippen LogP contribution in [0, 0.1) is 0 Å². The molecule has 0 saturated heterocycles. The lowest BCUT2D eigenvalue weighted by Crippen LogP contribution is -2.13. The molecule has 5 nitrogen and oxygen atoms in total. The Morgan fingerprint density at radius 2 is 1.26 bits per heavy atom. The second-order valence-corrected chi connectivity index (χ2v) is 5.75. The molecule has 0 aromatic heterocycles. The van der Waals surface area contributed by atoms with Crippen LogP contribution in [0.25, 0.3) is 0 Å². The number of hydrogen-bond acceptors (Lipinski definition) is 5. The molecule has 0 aliphatic heterocycles. The molecule has 0 heterocycles. The fraction of sp³-hybridized carbons (Fsp3) is 0.944. The Balaban J connectivity index is 3.13. The quantitative estimate of drug-likeness (QED) is 0.307. The van der Waals surface area contributed by atoms with Crippen molar-refractivity contribution in [1.29, 1.82) is 0 Å². The maximum Gasteiger partial charge on any atom is 0.305 e. The first-order valence-corrected chi connectivity index (χ1v) is 9.23. The van der Waals surface area contributed by atoms with Gasteiger partial charge in [0, 0.05) is 6.42 Å². The molecule has 0 fully saturated rings. The van der Waals surface area contributed by atoms with Crippen molar-refractivity contribution in [2.45, 2.75) is 71.1 Å². The third kappa shape index (κ3) is 19.3. The molecule has 0 aliphatic rings. The van der Waals surface area contributed by atoms with Crippen LogP contribution < -0.4 is 0 Å². The first-order chi connectivity index (χ1) is 11.3. The highest BCUT2D eigenvalue weighted by molar-refractivity contribution is 5.69. The van der Waals surface area contributed by atoms with Gasteiger partial charge in [-0.3, -0.25) is 4.79 Å². The van der Waals surface area contributed by atoms with Crippen LogP contribution in [0.2, 0.25) is 0 Å². The molecule has 0 bridgehead atoms. The molecule has 5 heteroatoms. The SMILES string of the molecule is CCCCCCCCCCCC(=O)OCCOCCOCCO. The molecule has 0 aromatic carbocycles. The normalized spacial score (nSPS) is 10.9. The number of aliphatic hydroxyl groups excluding tert-OH is 1. The van der Waals surface area contributed by atoms with E-state index < -0.39 is 0 Å². The Bertz CT molecular complexity index is 246. The molecule has 0 spiro atoms. The number of carbonyl (C=O) groups excluding carboxylic acids is 1. The zero-order valence-corrected chi connectivity index (χ0v) is 14.9. The lowest BCUT2D eigenvalue weighted by Gasteiger charge is -2.06. The highest BCUT2D eigenvalue weighted by Crippen LogP contribution is 2.10. The third-order valence-corrected chi connectivity index (χ3v) is 3.58. The highest BCUT2D eigenvalue weighted by Gasteiger charge is 2.02. The van der Waals surface area contributed by atoms with Gasteiger partial charge in [-0.2, -0.15) is 0 Å². The van der Waals surface area contributed by atoms with Crippen molar-refractivity contribution >= 4 is 5.97 Å². The lowest BCUT2D eigenvalue weighted by molar-refractivity contribution is -0.145. The minimum atomic E-state index is -0.131. The van der Waals surface area contributed by atoms with Crippen LogP contribution in [0.15, 0.2) is 0 Å². The molecule has 0 radical (unpaired) electrons. The number of ether oxygens (including phenoxy) is 3. The number of rotatable bonds is 18. The van der Waals surface area contributed by atoms with E-state index in [0.29, 0.717) is 39.5 Å². The Labute approximate surface area is 141 Å². The average Bonchev–Trinajstić information content (AvgIpc) is 2.56. The van der Waals surface area contributed by atoms with E-state index in [1.54, 1.807) is 0 Å². The maximum absolute atomic E-state index is 11.5. The van der Waals surface area contributed by atoms with Crippen LogP contribution in [0.3, 0.4) is 0 Å². The molecule has 0 saturated carbocycles. The van der Waals surface area contributed by atoms with E-state index in [1.807, 2.05) is 0 Å². The van der Waals surface area contributed by atoms with E-state index in [-0.39, 0.29) is 12.6 Å². The van der Waals surface area contributed by atoms with E-state index in [4.69, 9.17) is 19.3 Å². The second kappa shape index (κ2) is 19.4. The summed E-state index contributed by atoms with van der Waals surface area (Å²) in [6.07, 6.45) is 11.7. The fourth-order valence-electron chi connectivity index (χ4n) is 2.25. The Kier molecular flexibility index (Phi) is 18.8. The topological polar surface area (TPSA) is 65.0 Å². The smallest absolute Gasteiger partial charge is 0.305 e. The summed E-state index contributed by atoms with van der Waals surface area (Å²) in [6.45, 7) is 4.19. The zero-order valence-electron chi connectivity index (χ0n) is 14.9. The molecule has 23 heavy (non-hydrogen) atoms. The van der Waals surface area contributed by atoms with Gasteiger partial charge >= 0.3 is 5.97 Å². The van der Waals surface area contributed by atoms with Gasteiger partial charge < -0.3 is 19.3 Å². The van der Waals surface area contributed by atoms with Crippen LogP contribution in [-0.4, -0.2) is 50.7 Å². The van der Waals surface area contributed by atoms with Gasteiger partial charge in [0.25, 0.3) is 0 Å². The highest BCUT2D eigenvalue weighted by atomic mass is 16.6. The third-order valence-electron chi connectivity index (χ3n) is 3.58. The van der Waals surface area contributed by atoms with Crippen LogP contribution in [-0.2, 0) is 19.0 Å². The Morgan fingerprint density at radius 1 is 0.739 bits per heavy atom. The van der Waals surface area contributed by atoms with Crippen molar-refractivity contribution in [3.8, 4) is 0 Å². The number of aliphatic hydroxyl groups is 1. The Hall–Kier alpha value is -0.650. The summed E-state index contributed by atoms with van der Waals surface area (Å²) in [5, 5.41) is 8.51. The van der Waals surface area contributed by atoms with Gasteiger partial charge in [-0.15, -0.1) is 0 Å². The minimum Gasteiger partial charge on any atom is -0.463 e. The molecular formula is C18H36O5. The van der Waals surface area contributed by atoms with Crippen molar-refractivity contribution in [2.24, 2.45) is 0 Å². The summed E-state index contributed by atoms with van der Waals surface area (Å²) in [4.78, 5) is 11.5. The van der Waals surface area contributed by atoms with E-state index in [1.165, 1.54) is 44.9 Å². The number of carbonyl (C=O) groups is 1. The van der Waals surface area contributed by atoms with E-state index in [0.717, 1.165) is 12.8 Å². The maximum atomic E-state index is 11.5. The predicted molar refractivity (Wildman–Crippen MR) is 91.5 cm³/mol. The summed E-state index contributed by atoms with van der Waals surface area (Å²) in [7, 11) is 0. The molecule has 0 amide bonds. The largest absolute Gasteiger partial charge is 0.463 e. The van der Waals surface area contributed by atoms with Crippen LogP contribution in [0.5, 0.6) is 0 Å². The molecular weight excluding hydrogens is 296 g/mol. The van der Waals surface area contributed by atoms with Crippen molar-refractivity contribution in [3.63, 3.8) is 0 Å². The predicted octanol–water partition coefficient (Wildman–Crippen LogP) is 3.48. The van der Waals surface area contributed by atoms with E-state index in [2.05, 4.69) is 6.92 Å². The molecule has 0 aliphatic carbocycles. The minimum absolute atomic E-state index is 0.0243. The van der Waals surface area contributed by atoms with Gasteiger partial charge in [0.15, 0.2) is 0 Å². The monoisotopic (exact) mass is 332 g/mol. The molecule has 138 valence electrons. The molecule has 0 atom stereocenters. The van der Waals surface area contributed by atoms with Gasteiger partial charge in [0.05, 0.1) is 33.0 Å². The first-order valence-electron chi connectivity index (χ1n) is 9.23. The van der Waals surface area contributed by atoms with Crippen LogP contribution >= 0.6 is 0 Å². The molecule has 1 N–H and O–H groups in total. The van der Waals surface area contributed by atoms with Gasteiger partial charge in [-0.05, 0) is 6.42 Å². The second-order valence-electron chi connectivity index (χ2n) is 5.75. The number of hydrogen-bond donors (Lipinski definition) is 1. The van der Waals surface area contributed by atoms with Crippen molar-refractivity contribution in [1.82, 2.24) is 0 Å². The summed E-state index contributed by atoms with van der Waals surface area (Å²) in [5.74, 6) is -0.131. The van der Waals surface area contributed by atoms with Gasteiger partial charge in [0.2, 0.25) is 0 Å². The first kappa shape index (κ1) is 22.4. The Morgan fingerprint density at radius 3 is 1.87 bits per heavy atom. The summed E-state index contributed by atoms with van der Waals surface area (Å²) in [5.41, 5.74) is 0. The summed E-state index contributed by atoms with van der Waals surface area (Å²) in [6, 6.07) is 0. The molecule has 0 unspecified atom stereocenters. The van der Waals surface area contributed by atoms with Gasteiger partial charge in [-0.1, -0.05) is 58.3 Å². The molecule has 0 rings (SSSR count). The fourth-order valence-corrected chi connectivity index (χ4v) is 2.25. The average molecular weight is 332 g/mol. The van der Waals surface area contributed by atoms with Crippen molar-refractivity contribution in [3.05, 3.63) is 0 Å². The van der Waals surface area contributed by atoms with Crippen LogP contribution in [0.4, 0.5) is 0 Å². The number of esters is 1. The van der Waals surface area contributed by atoms with E-state index >= 15 is 0 Å². The number of unbranched alkanes of at least 4 members (excludes halogenated alkanes) is 8. The van der Waals surface area contributed by atoms with Crippen molar-refractivity contribution in [2.75, 3.05) is 39.6 Å². The zero-order chi connectivity index (χ0) is 17.0. The summed E-state index contributed by atoms with van der Waals surface area (Å²) < 4.78 is 15.4. The van der Waals surface area contributed by atoms with Crippen molar-refractivity contribution < 1.29 is 24.1 Å².